The molecule has 282 valence electrons. The van der Waals surface area contributed by atoms with Crippen LogP contribution in [0.25, 0.3) is 0 Å². The van der Waals surface area contributed by atoms with Crippen LogP contribution in [0.2, 0.25) is 10.0 Å². The van der Waals surface area contributed by atoms with E-state index in [2.05, 4.69) is 10.2 Å². The summed E-state index contributed by atoms with van der Waals surface area (Å²) < 4.78 is 57.9. The molecule has 52 heavy (non-hydrogen) atoms. The molecule has 2 heterocycles. The number of piperidine rings is 1. The van der Waals surface area contributed by atoms with Crippen LogP contribution in [0, 0.1) is 0 Å². The van der Waals surface area contributed by atoms with Crippen LogP contribution in [-0.4, -0.2) is 95.8 Å². The molecule has 2 aliphatic rings. The molecule has 15 heteroatoms. The van der Waals surface area contributed by atoms with Gasteiger partial charge in [0.1, 0.15) is 24.5 Å². The number of hydrogen-bond donors (Lipinski definition) is 1. The first kappa shape index (κ1) is 39.6. The first-order valence-corrected chi connectivity index (χ1v) is 19.4. The van der Waals surface area contributed by atoms with Gasteiger partial charge in [-0.15, -0.1) is 0 Å². The Morgan fingerprint density at radius 3 is 2.38 bits per heavy atom. The lowest BCUT2D eigenvalue weighted by Crippen LogP contribution is -2.48. The Morgan fingerprint density at radius 2 is 1.69 bits per heavy atom. The number of sulfonamides is 1. The fourth-order valence-electron chi connectivity index (χ4n) is 6.33. The van der Waals surface area contributed by atoms with Crippen LogP contribution in [-0.2, 0) is 35.5 Å². The Hall–Kier alpha value is -3.59. The van der Waals surface area contributed by atoms with Gasteiger partial charge in [0.25, 0.3) is 0 Å². The zero-order valence-corrected chi connectivity index (χ0v) is 31.9. The Morgan fingerprint density at radius 1 is 0.962 bits per heavy atom. The van der Waals surface area contributed by atoms with Crippen LogP contribution in [0.4, 0.5) is 5.69 Å². The Labute approximate surface area is 315 Å². The van der Waals surface area contributed by atoms with E-state index in [1.807, 2.05) is 42.5 Å². The number of carbonyl (C=O) groups is 2. The van der Waals surface area contributed by atoms with E-state index in [1.54, 1.807) is 14.2 Å². The van der Waals surface area contributed by atoms with Crippen molar-refractivity contribution >= 4 is 50.8 Å². The van der Waals surface area contributed by atoms with Crippen LogP contribution in [0.3, 0.4) is 0 Å². The number of methoxy groups -OCH3 is 2. The maximum absolute atomic E-state index is 14.1. The predicted octanol–water partition coefficient (Wildman–Crippen LogP) is 6.14. The molecule has 5 rings (SSSR count). The number of halogens is 2. The third-order valence-corrected chi connectivity index (χ3v) is 11.5. The van der Waals surface area contributed by atoms with E-state index in [0.29, 0.717) is 62.8 Å². The molecule has 0 unspecified atom stereocenters. The van der Waals surface area contributed by atoms with Gasteiger partial charge in [-0.1, -0.05) is 41.4 Å². The van der Waals surface area contributed by atoms with E-state index in [9.17, 15) is 18.0 Å². The molecule has 1 N–H and O–H groups in total. The Bertz CT molecular complexity index is 1800. The fraction of sp³-hybridized carbons (Fsp3) is 0.459. The largest absolute Gasteiger partial charge is 0.493 e. The predicted molar refractivity (Wildman–Crippen MR) is 198 cm³/mol. The Balaban J connectivity index is 1.38. The van der Waals surface area contributed by atoms with Crippen molar-refractivity contribution < 1.29 is 41.7 Å². The van der Waals surface area contributed by atoms with E-state index in [4.69, 9.17) is 46.9 Å². The number of morpholine rings is 1. The van der Waals surface area contributed by atoms with Crippen molar-refractivity contribution in [3.63, 3.8) is 0 Å². The van der Waals surface area contributed by atoms with Gasteiger partial charge < -0.3 is 29.0 Å². The second-order valence-corrected chi connectivity index (χ2v) is 15.3. The van der Waals surface area contributed by atoms with Gasteiger partial charge in [0.15, 0.2) is 11.5 Å². The molecule has 3 aromatic carbocycles. The minimum Gasteiger partial charge on any atom is -0.493 e. The number of amides is 1. The SMILES string of the molecule is COc1ccc(CC[C@@H](OC(=O)[C@@H]2CCCCN2S(=O)(=O)c2cc(Cl)c(NC(C)=O)c(Cl)c2)c2cccc(OCCN3CCOCC3)c2)cc1OC. The van der Waals surface area contributed by atoms with Crippen molar-refractivity contribution in [3.8, 4) is 17.2 Å². The van der Waals surface area contributed by atoms with Crippen molar-refractivity contribution in [3.05, 3.63) is 75.8 Å². The molecule has 2 aliphatic heterocycles. The van der Waals surface area contributed by atoms with Crippen LogP contribution in [0.15, 0.2) is 59.5 Å². The molecule has 12 nitrogen and oxygen atoms in total. The second-order valence-electron chi connectivity index (χ2n) is 12.6. The van der Waals surface area contributed by atoms with Crippen molar-refractivity contribution in [1.82, 2.24) is 9.21 Å². The smallest absolute Gasteiger partial charge is 0.325 e. The number of nitrogens with one attached hydrogen (secondary N) is 1. The first-order valence-electron chi connectivity index (χ1n) is 17.2. The number of ether oxygens (including phenoxy) is 5. The molecule has 0 bridgehead atoms. The fourth-order valence-corrected chi connectivity index (χ4v) is 8.74. The van der Waals surface area contributed by atoms with Crippen molar-refractivity contribution in [2.24, 2.45) is 0 Å². The molecule has 3 aromatic rings. The summed E-state index contributed by atoms with van der Waals surface area (Å²) in [5, 5.41) is 2.43. The van der Waals surface area contributed by atoms with E-state index in [1.165, 1.54) is 19.1 Å². The third kappa shape index (κ3) is 10.1. The lowest BCUT2D eigenvalue weighted by Gasteiger charge is -2.34. The van der Waals surface area contributed by atoms with Crippen LogP contribution in [0.5, 0.6) is 17.2 Å². The molecule has 2 saturated heterocycles. The highest BCUT2D eigenvalue weighted by molar-refractivity contribution is 7.89. The third-order valence-electron chi connectivity index (χ3n) is 9.06. The van der Waals surface area contributed by atoms with Crippen molar-refractivity contribution in [2.75, 3.05) is 65.5 Å². The Kier molecular flexibility index (Phi) is 14.0. The molecular weight excluding hydrogens is 733 g/mol. The first-order chi connectivity index (χ1) is 25.0. The molecule has 0 spiro atoms. The van der Waals surface area contributed by atoms with Crippen LogP contribution in [0.1, 0.15) is 49.8 Å². The maximum Gasteiger partial charge on any atom is 0.325 e. The molecule has 0 aliphatic carbocycles. The summed E-state index contributed by atoms with van der Waals surface area (Å²) in [4.78, 5) is 27.8. The summed E-state index contributed by atoms with van der Waals surface area (Å²) in [5.74, 6) is 0.742. The topological polar surface area (TPSA) is 133 Å². The van der Waals surface area contributed by atoms with E-state index >= 15 is 0 Å². The number of rotatable bonds is 15. The maximum atomic E-state index is 14.1. The minimum atomic E-state index is -4.25. The monoisotopic (exact) mass is 777 g/mol. The molecular formula is C37H45Cl2N3O9S. The highest BCUT2D eigenvalue weighted by atomic mass is 35.5. The second kappa shape index (κ2) is 18.4. The summed E-state index contributed by atoms with van der Waals surface area (Å²) >= 11 is 12.7. The summed E-state index contributed by atoms with van der Waals surface area (Å²) in [6.45, 7) is 5.75. The van der Waals surface area contributed by atoms with Gasteiger partial charge >= 0.3 is 5.97 Å². The van der Waals surface area contributed by atoms with Gasteiger partial charge in [-0.05, 0) is 79.6 Å². The molecule has 0 aromatic heterocycles. The zero-order valence-electron chi connectivity index (χ0n) is 29.6. The number of aryl methyl sites for hydroxylation is 1. The summed E-state index contributed by atoms with van der Waals surface area (Å²) in [7, 11) is -1.11. The minimum absolute atomic E-state index is 0.0420. The number of hydrogen-bond acceptors (Lipinski definition) is 10. The number of esters is 1. The van der Waals surface area contributed by atoms with Crippen molar-refractivity contribution in [2.45, 2.75) is 56.1 Å². The average Bonchev–Trinajstić information content (AvgIpc) is 3.15. The average molecular weight is 779 g/mol. The number of carbonyl (C=O) groups excluding carboxylic acids is 2. The lowest BCUT2D eigenvalue weighted by molar-refractivity contribution is -0.155. The molecule has 0 radical (unpaired) electrons. The van der Waals surface area contributed by atoms with Crippen molar-refractivity contribution in [1.29, 1.82) is 0 Å². The molecule has 2 fully saturated rings. The van der Waals surface area contributed by atoms with Crippen LogP contribution < -0.4 is 19.5 Å². The highest BCUT2D eigenvalue weighted by Gasteiger charge is 2.40. The summed E-state index contributed by atoms with van der Waals surface area (Å²) in [6.07, 6.45) is 1.66. The summed E-state index contributed by atoms with van der Waals surface area (Å²) in [6, 6.07) is 14.4. The zero-order chi connectivity index (χ0) is 37.3. The quantitative estimate of drug-likeness (QED) is 0.180. The van der Waals surface area contributed by atoms with E-state index < -0.39 is 34.0 Å². The van der Waals surface area contributed by atoms with Gasteiger partial charge in [0.2, 0.25) is 15.9 Å². The van der Waals surface area contributed by atoms with E-state index in [-0.39, 0.29) is 33.6 Å². The highest BCUT2D eigenvalue weighted by Crippen LogP contribution is 2.37. The summed E-state index contributed by atoms with van der Waals surface area (Å²) in [5.41, 5.74) is 1.76. The number of anilines is 1. The van der Waals surface area contributed by atoms with Gasteiger partial charge in [-0.3, -0.25) is 14.5 Å². The van der Waals surface area contributed by atoms with Gasteiger partial charge in [-0.25, -0.2) is 8.42 Å². The van der Waals surface area contributed by atoms with Crippen LogP contribution >= 0.6 is 23.2 Å². The van der Waals surface area contributed by atoms with E-state index in [0.717, 1.165) is 35.1 Å². The normalized spacial score (nSPS) is 17.6. The standard InChI is InChI=1S/C37H45Cl2N3O9S/c1-25(43)40-36-30(38)23-29(24-31(36)39)52(45,46)42-14-5-4-9-32(42)37(44)51-33(12-10-26-11-13-34(47-2)35(21-26)48-3)27-7-6-8-28(22-27)50-20-17-41-15-18-49-19-16-41/h6-8,11,13,21-24,32-33H,4-5,9-10,12,14-20H2,1-3H3,(H,40,43)/t32-,33+/m0/s1. The van der Waals surface area contributed by atoms with Gasteiger partial charge in [0, 0.05) is 33.1 Å². The molecule has 0 saturated carbocycles. The number of benzene rings is 3. The van der Waals surface area contributed by atoms with Gasteiger partial charge in [-0.2, -0.15) is 4.31 Å². The van der Waals surface area contributed by atoms with Gasteiger partial charge in [0.05, 0.1) is 48.1 Å². The number of nitrogens with zero attached hydrogens (tertiary/aromatic N) is 2. The lowest BCUT2D eigenvalue weighted by atomic mass is 10.00. The molecule has 2 atom stereocenters. The molecule has 1 amide bonds.